The number of anilines is 1. The molecule has 2 aromatic carbocycles. The van der Waals surface area contributed by atoms with E-state index in [0.29, 0.717) is 13.2 Å². The summed E-state index contributed by atoms with van der Waals surface area (Å²) in [6, 6.07) is 13.0. The van der Waals surface area contributed by atoms with E-state index in [1.54, 1.807) is 6.08 Å². The van der Waals surface area contributed by atoms with Crippen molar-refractivity contribution in [3.63, 3.8) is 0 Å². The van der Waals surface area contributed by atoms with Crippen LogP contribution < -0.4 is 4.90 Å². The van der Waals surface area contributed by atoms with E-state index in [4.69, 9.17) is 9.72 Å². The normalized spacial score (nSPS) is 14.5. The Bertz CT molecular complexity index is 1020. The van der Waals surface area contributed by atoms with Gasteiger partial charge in [0.1, 0.15) is 11.6 Å². The van der Waals surface area contributed by atoms with Gasteiger partial charge in [-0.25, -0.2) is 13.8 Å². The quantitative estimate of drug-likeness (QED) is 0.445. The summed E-state index contributed by atoms with van der Waals surface area (Å²) in [6.45, 7) is 2.75. The predicted octanol–water partition coefficient (Wildman–Crippen LogP) is 4.82. The van der Waals surface area contributed by atoms with Crippen LogP contribution in [0, 0.1) is 11.6 Å². The molecule has 0 radical (unpaired) electrons. The van der Waals surface area contributed by atoms with Gasteiger partial charge in [0.25, 0.3) is 0 Å². The van der Waals surface area contributed by atoms with Crippen molar-refractivity contribution in [2.75, 3.05) is 31.2 Å². The van der Waals surface area contributed by atoms with Gasteiger partial charge in [-0.1, -0.05) is 47.7 Å². The van der Waals surface area contributed by atoms with Crippen LogP contribution in [0.15, 0.2) is 54.6 Å². The lowest BCUT2D eigenvalue weighted by molar-refractivity contribution is 0.104. The second-order valence-electron chi connectivity index (χ2n) is 6.47. The Morgan fingerprint density at radius 2 is 1.72 bits per heavy atom. The number of hydrogen-bond acceptors (Lipinski definition) is 5. The number of carbonyl (C=O) groups excluding carboxylic acids is 1. The molecule has 4 rings (SSSR count). The SMILES string of the molecule is O=C(/C=C/c1sc(N2CCOCC2)nc1-c1ccccc1)c1c(F)cccc1F. The van der Waals surface area contributed by atoms with Crippen LogP contribution in [0.3, 0.4) is 0 Å². The van der Waals surface area contributed by atoms with E-state index in [2.05, 4.69) is 4.90 Å². The lowest BCUT2D eigenvalue weighted by Gasteiger charge is -2.26. The van der Waals surface area contributed by atoms with Crippen molar-refractivity contribution in [1.29, 1.82) is 0 Å². The summed E-state index contributed by atoms with van der Waals surface area (Å²) in [6.07, 6.45) is 2.78. The summed E-state index contributed by atoms with van der Waals surface area (Å²) < 4.78 is 33.2. The molecule has 0 amide bonds. The zero-order valence-electron chi connectivity index (χ0n) is 15.5. The molecule has 4 nitrogen and oxygen atoms in total. The number of carbonyl (C=O) groups is 1. The number of benzene rings is 2. The highest BCUT2D eigenvalue weighted by Crippen LogP contribution is 2.34. The van der Waals surface area contributed by atoms with E-state index in [0.717, 1.165) is 46.5 Å². The van der Waals surface area contributed by atoms with E-state index in [9.17, 15) is 13.6 Å². The van der Waals surface area contributed by atoms with E-state index < -0.39 is 23.0 Å². The van der Waals surface area contributed by atoms with Gasteiger partial charge in [0.15, 0.2) is 10.9 Å². The smallest absolute Gasteiger partial charge is 0.191 e. The van der Waals surface area contributed by atoms with Crippen molar-refractivity contribution >= 4 is 28.3 Å². The van der Waals surface area contributed by atoms with Crippen LogP contribution in [0.2, 0.25) is 0 Å². The fourth-order valence-electron chi connectivity index (χ4n) is 3.09. The molecule has 2 heterocycles. The molecule has 1 aliphatic heterocycles. The van der Waals surface area contributed by atoms with E-state index in [1.807, 2.05) is 30.3 Å². The van der Waals surface area contributed by atoms with E-state index >= 15 is 0 Å². The van der Waals surface area contributed by atoms with Crippen LogP contribution in [0.1, 0.15) is 15.2 Å². The van der Waals surface area contributed by atoms with E-state index in [1.165, 1.54) is 23.5 Å². The average Bonchev–Trinajstić information content (AvgIpc) is 3.18. The molecule has 0 N–H and O–H groups in total. The molecule has 3 aromatic rings. The topological polar surface area (TPSA) is 42.4 Å². The number of morpholine rings is 1. The van der Waals surface area contributed by atoms with Crippen LogP contribution in [0.25, 0.3) is 17.3 Å². The third-order valence-corrected chi connectivity index (χ3v) is 5.65. The molecule has 7 heteroatoms. The molecule has 1 saturated heterocycles. The Morgan fingerprint density at radius 3 is 2.41 bits per heavy atom. The van der Waals surface area contributed by atoms with Crippen LogP contribution in [-0.2, 0) is 4.74 Å². The molecule has 1 aliphatic rings. The van der Waals surface area contributed by atoms with Crippen LogP contribution >= 0.6 is 11.3 Å². The number of halogens is 2. The first kappa shape index (κ1) is 19.4. The highest BCUT2D eigenvalue weighted by atomic mass is 32.1. The molecule has 0 saturated carbocycles. The number of aromatic nitrogens is 1. The number of hydrogen-bond donors (Lipinski definition) is 0. The number of ketones is 1. The standard InChI is InChI=1S/C22H18F2N2O2S/c23-16-7-4-8-17(24)20(16)18(27)9-10-19-21(15-5-2-1-3-6-15)25-22(29-19)26-11-13-28-14-12-26/h1-10H,11-14H2/b10-9+. The minimum Gasteiger partial charge on any atom is -0.378 e. The summed E-state index contributed by atoms with van der Waals surface area (Å²) >= 11 is 1.44. The van der Waals surface area contributed by atoms with Gasteiger partial charge < -0.3 is 9.64 Å². The van der Waals surface area contributed by atoms with Crippen molar-refractivity contribution in [3.05, 3.63) is 76.7 Å². The van der Waals surface area contributed by atoms with Crippen LogP contribution in [0.5, 0.6) is 0 Å². The molecule has 0 atom stereocenters. The maximum Gasteiger partial charge on any atom is 0.191 e. The monoisotopic (exact) mass is 412 g/mol. The van der Waals surface area contributed by atoms with Crippen LogP contribution in [0.4, 0.5) is 13.9 Å². The Kier molecular flexibility index (Phi) is 5.78. The average molecular weight is 412 g/mol. The third kappa shape index (κ3) is 4.26. The van der Waals surface area contributed by atoms with Crippen molar-refractivity contribution < 1.29 is 18.3 Å². The molecule has 148 valence electrons. The highest BCUT2D eigenvalue weighted by molar-refractivity contribution is 7.17. The first-order valence-corrected chi connectivity index (χ1v) is 10.0. The number of ether oxygens (including phenoxy) is 1. The van der Waals surface area contributed by atoms with Gasteiger partial charge in [-0.3, -0.25) is 4.79 Å². The molecule has 1 fully saturated rings. The summed E-state index contributed by atoms with van der Waals surface area (Å²) in [5.41, 5.74) is 1.09. The van der Waals surface area contributed by atoms with Crippen molar-refractivity contribution in [2.24, 2.45) is 0 Å². The lowest BCUT2D eigenvalue weighted by Crippen LogP contribution is -2.36. The fraction of sp³-hybridized carbons (Fsp3) is 0.182. The molecule has 0 aliphatic carbocycles. The molecule has 0 spiro atoms. The number of nitrogens with zero attached hydrogens (tertiary/aromatic N) is 2. The molecule has 0 bridgehead atoms. The third-order valence-electron chi connectivity index (χ3n) is 4.57. The van der Waals surface area contributed by atoms with Gasteiger partial charge in [-0.2, -0.15) is 0 Å². The maximum absolute atomic E-state index is 13.9. The fourth-order valence-corrected chi connectivity index (χ4v) is 4.14. The molecular weight excluding hydrogens is 394 g/mol. The molecule has 0 unspecified atom stereocenters. The van der Waals surface area contributed by atoms with Crippen LogP contribution in [-0.4, -0.2) is 37.1 Å². The Morgan fingerprint density at radius 1 is 1.03 bits per heavy atom. The second-order valence-corrected chi connectivity index (χ2v) is 7.48. The largest absolute Gasteiger partial charge is 0.378 e. The molecular formula is C22H18F2N2O2S. The number of allylic oxidation sites excluding steroid dienone is 1. The zero-order valence-corrected chi connectivity index (χ0v) is 16.3. The lowest BCUT2D eigenvalue weighted by atomic mass is 10.1. The summed E-state index contributed by atoms with van der Waals surface area (Å²) in [4.78, 5) is 20.1. The predicted molar refractivity (Wildman–Crippen MR) is 110 cm³/mol. The van der Waals surface area contributed by atoms with Gasteiger partial charge in [-0.15, -0.1) is 0 Å². The summed E-state index contributed by atoms with van der Waals surface area (Å²) in [7, 11) is 0. The van der Waals surface area contributed by atoms with Gasteiger partial charge in [0.05, 0.1) is 29.3 Å². The molecule has 29 heavy (non-hydrogen) atoms. The number of rotatable bonds is 5. The van der Waals surface area contributed by atoms with Crippen molar-refractivity contribution in [3.8, 4) is 11.3 Å². The van der Waals surface area contributed by atoms with E-state index in [-0.39, 0.29) is 0 Å². The highest BCUT2D eigenvalue weighted by Gasteiger charge is 2.19. The minimum atomic E-state index is -0.874. The summed E-state index contributed by atoms with van der Waals surface area (Å²) in [5.74, 6) is -2.47. The van der Waals surface area contributed by atoms with Gasteiger partial charge in [0.2, 0.25) is 0 Å². The Balaban J connectivity index is 1.69. The second kappa shape index (κ2) is 8.63. The van der Waals surface area contributed by atoms with Crippen molar-refractivity contribution in [2.45, 2.75) is 0 Å². The van der Waals surface area contributed by atoms with Gasteiger partial charge in [-0.05, 0) is 24.3 Å². The molecule has 1 aromatic heterocycles. The first-order valence-electron chi connectivity index (χ1n) is 9.19. The Hall–Kier alpha value is -2.90. The van der Waals surface area contributed by atoms with Gasteiger partial charge >= 0.3 is 0 Å². The maximum atomic E-state index is 13.9. The first-order chi connectivity index (χ1) is 14.1. The number of thiazole rings is 1. The van der Waals surface area contributed by atoms with Gasteiger partial charge in [0, 0.05) is 18.7 Å². The summed E-state index contributed by atoms with van der Waals surface area (Å²) in [5, 5.41) is 0.830. The Labute approximate surface area is 171 Å². The zero-order chi connectivity index (χ0) is 20.2. The van der Waals surface area contributed by atoms with Crippen molar-refractivity contribution in [1.82, 2.24) is 4.98 Å². The minimum absolute atomic E-state index is 0.553.